The van der Waals surface area contributed by atoms with Crippen LogP contribution >= 0.6 is 12.4 Å². The maximum atomic E-state index is 13.0. The van der Waals surface area contributed by atoms with Gasteiger partial charge in [-0.05, 0) is 76.5 Å². The van der Waals surface area contributed by atoms with Crippen LogP contribution in [0.15, 0.2) is 24.3 Å². The second kappa shape index (κ2) is 13.3. The number of rotatable bonds is 8. The van der Waals surface area contributed by atoms with E-state index in [1.54, 1.807) is 4.90 Å². The molecule has 1 aromatic rings. The van der Waals surface area contributed by atoms with Crippen molar-refractivity contribution >= 4 is 24.4 Å². The molecule has 0 aromatic heterocycles. The van der Waals surface area contributed by atoms with E-state index >= 15 is 0 Å². The van der Waals surface area contributed by atoms with E-state index in [9.17, 15) is 18.4 Å². The standard InChI is InChI=1S/C27H39F2N3O5.ClH/c1-18(2)35-26(34)31-13-11-23(12-14-31)37-22-9-7-21(8-10-22)36-20-5-3-19(4-6-20)15-24(30)25(33)32-16-27(28,29)17-32;/h3-6,18,21-24H,7-17,30H2,1-2H3;1H/t21?,22?,24-;/m0./s1. The molecule has 3 fully saturated rings. The molecule has 1 saturated carbocycles. The Balaban J connectivity index is 0.00000400. The van der Waals surface area contributed by atoms with Gasteiger partial charge >= 0.3 is 6.09 Å². The molecule has 1 atom stereocenters. The number of carbonyl (C=O) groups is 2. The highest BCUT2D eigenvalue weighted by Gasteiger charge is 2.47. The summed E-state index contributed by atoms with van der Waals surface area (Å²) in [5.74, 6) is -2.47. The molecule has 11 heteroatoms. The lowest BCUT2D eigenvalue weighted by Gasteiger charge is -2.39. The number of nitrogens with two attached hydrogens (primary N) is 1. The fraction of sp³-hybridized carbons (Fsp3) is 0.704. The van der Waals surface area contributed by atoms with Crippen LogP contribution in [0.4, 0.5) is 13.6 Å². The second-order valence-corrected chi connectivity index (χ2v) is 10.8. The molecule has 2 saturated heterocycles. The van der Waals surface area contributed by atoms with Crippen molar-refractivity contribution in [1.29, 1.82) is 0 Å². The highest BCUT2D eigenvalue weighted by Crippen LogP contribution is 2.29. The van der Waals surface area contributed by atoms with E-state index in [2.05, 4.69) is 0 Å². The number of carbonyl (C=O) groups excluding carboxylic acids is 2. The summed E-state index contributed by atoms with van der Waals surface area (Å²) in [4.78, 5) is 27.1. The summed E-state index contributed by atoms with van der Waals surface area (Å²) in [6.07, 6.45) is 5.80. The zero-order valence-electron chi connectivity index (χ0n) is 22.2. The smallest absolute Gasteiger partial charge is 0.410 e. The number of hydrogen-bond acceptors (Lipinski definition) is 6. The van der Waals surface area contributed by atoms with Crippen molar-refractivity contribution in [3.05, 3.63) is 29.8 Å². The Morgan fingerprint density at radius 2 is 1.50 bits per heavy atom. The Labute approximate surface area is 229 Å². The largest absolute Gasteiger partial charge is 0.490 e. The first-order valence-corrected chi connectivity index (χ1v) is 13.4. The lowest BCUT2D eigenvalue weighted by molar-refractivity contribution is -0.166. The predicted octanol–water partition coefficient (Wildman–Crippen LogP) is 4.17. The maximum absolute atomic E-state index is 13.0. The van der Waals surface area contributed by atoms with Gasteiger partial charge in [0.05, 0.1) is 43.5 Å². The summed E-state index contributed by atoms with van der Waals surface area (Å²) >= 11 is 0. The molecule has 4 rings (SSSR count). The summed E-state index contributed by atoms with van der Waals surface area (Å²) in [5, 5.41) is 0. The number of halogens is 3. The third-order valence-corrected chi connectivity index (χ3v) is 7.20. The van der Waals surface area contributed by atoms with Crippen molar-refractivity contribution in [3.8, 4) is 5.75 Å². The molecule has 2 aliphatic heterocycles. The van der Waals surface area contributed by atoms with Gasteiger partial charge in [0, 0.05) is 13.1 Å². The summed E-state index contributed by atoms with van der Waals surface area (Å²) < 4.78 is 43.8. The van der Waals surface area contributed by atoms with Crippen molar-refractivity contribution in [2.24, 2.45) is 5.73 Å². The highest BCUT2D eigenvalue weighted by atomic mass is 35.5. The van der Waals surface area contributed by atoms with Crippen molar-refractivity contribution in [3.63, 3.8) is 0 Å². The predicted molar refractivity (Wildman–Crippen MR) is 141 cm³/mol. The van der Waals surface area contributed by atoms with Gasteiger partial charge in [-0.15, -0.1) is 12.4 Å². The number of nitrogens with zero attached hydrogens (tertiary/aromatic N) is 2. The van der Waals surface area contributed by atoms with Crippen molar-refractivity contribution < 1.29 is 32.6 Å². The van der Waals surface area contributed by atoms with Gasteiger partial charge in [-0.3, -0.25) is 4.79 Å². The molecule has 2 amide bonds. The van der Waals surface area contributed by atoms with Crippen molar-refractivity contribution in [2.45, 2.75) is 95.2 Å². The van der Waals surface area contributed by atoms with Crippen molar-refractivity contribution in [1.82, 2.24) is 9.80 Å². The number of piperidine rings is 1. The van der Waals surface area contributed by atoms with Gasteiger partial charge < -0.3 is 29.7 Å². The third-order valence-electron chi connectivity index (χ3n) is 7.20. The van der Waals surface area contributed by atoms with E-state index in [0.29, 0.717) is 19.5 Å². The molecule has 214 valence electrons. The minimum Gasteiger partial charge on any atom is -0.490 e. The van der Waals surface area contributed by atoms with Crippen LogP contribution in [0.3, 0.4) is 0 Å². The summed E-state index contributed by atoms with van der Waals surface area (Å²) in [5.41, 5.74) is 6.81. The Morgan fingerprint density at radius 3 is 2.05 bits per heavy atom. The first-order valence-electron chi connectivity index (χ1n) is 13.4. The molecule has 0 bridgehead atoms. The Bertz CT molecular complexity index is 912. The van der Waals surface area contributed by atoms with E-state index in [1.165, 1.54) is 0 Å². The monoisotopic (exact) mass is 559 g/mol. The van der Waals surface area contributed by atoms with Crippen LogP contribution in [0.2, 0.25) is 0 Å². The topological polar surface area (TPSA) is 94.3 Å². The molecule has 8 nitrogen and oxygen atoms in total. The lowest BCUT2D eigenvalue weighted by atomic mass is 9.94. The highest BCUT2D eigenvalue weighted by molar-refractivity contribution is 5.85. The summed E-state index contributed by atoms with van der Waals surface area (Å²) in [6, 6.07) is 6.63. The number of amides is 2. The van der Waals surface area contributed by atoms with Crippen molar-refractivity contribution in [2.75, 3.05) is 26.2 Å². The molecule has 0 spiro atoms. The van der Waals surface area contributed by atoms with E-state index in [1.807, 2.05) is 38.1 Å². The minimum atomic E-state index is -2.79. The first-order chi connectivity index (χ1) is 17.6. The van der Waals surface area contributed by atoms with Crippen LogP contribution in [0.25, 0.3) is 0 Å². The van der Waals surface area contributed by atoms with Gasteiger partial charge in [0.1, 0.15) is 5.75 Å². The number of alkyl halides is 2. The van der Waals surface area contributed by atoms with E-state index in [4.69, 9.17) is 19.9 Å². The fourth-order valence-electron chi connectivity index (χ4n) is 5.15. The number of benzene rings is 1. The maximum Gasteiger partial charge on any atom is 0.410 e. The molecule has 2 N–H and O–H groups in total. The van der Waals surface area contributed by atoms with E-state index in [0.717, 1.165) is 54.7 Å². The molecule has 1 aromatic carbocycles. The molecular weight excluding hydrogens is 520 g/mol. The van der Waals surface area contributed by atoms with Gasteiger partial charge in [-0.25, -0.2) is 13.6 Å². The van der Waals surface area contributed by atoms with Gasteiger partial charge in [0.15, 0.2) is 0 Å². The van der Waals surface area contributed by atoms with Gasteiger partial charge in [-0.1, -0.05) is 12.1 Å². The minimum absolute atomic E-state index is 0. The SMILES string of the molecule is CC(C)OC(=O)N1CCC(OC2CCC(Oc3ccc(C[C@H](N)C(=O)N4CC(F)(F)C4)cc3)CC2)CC1.Cl. The van der Waals surface area contributed by atoms with Gasteiger partial charge in [0.2, 0.25) is 5.91 Å². The fourth-order valence-corrected chi connectivity index (χ4v) is 5.15. The zero-order chi connectivity index (χ0) is 26.6. The Kier molecular flexibility index (Phi) is 10.6. The summed E-state index contributed by atoms with van der Waals surface area (Å²) in [6.45, 7) is 3.94. The van der Waals surface area contributed by atoms with Crippen LogP contribution < -0.4 is 10.5 Å². The Morgan fingerprint density at radius 1 is 0.947 bits per heavy atom. The normalized spacial score (nSPS) is 24.3. The van der Waals surface area contributed by atoms with Gasteiger partial charge in [0.25, 0.3) is 5.92 Å². The average molecular weight is 560 g/mol. The third kappa shape index (κ3) is 8.41. The molecule has 38 heavy (non-hydrogen) atoms. The van der Waals surface area contributed by atoms with E-state index in [-0.39, 0.29) is 42.9 Å². The molecule has 0 radical (unpaired) electrons. The lowest BCUT2D eigenvalue weighted by Crippen LogP contribution is -2.62. The molecular formula is C27H40ClF2N3O5. The average Bonchev–Trinajstić information content (AvgIpc) is 2.84. The zero-order valence-corrected chi connectivity index (χ0v) is 23.0. The molecule has 3 aliphatic rings. The Hall–Kier alpha value is -2.17. The van der Waals surface area contributed by atoms with Crippen LogP contribution in [-0.4, -0.2) is 84.4 Å². The van der Waals surface area contributed by atoms with E-state index < -0.39 is 31.0 Å². The van der Waals surface area contributed by atoms with Crippen LogP contribution in [-0.2, 0) is 20.7 Å². The number of hydrogen-bond donors (Lipinski definition) is 1. The van der Waals surface area contributed by atoms with Crippen LogP contribution in [0, 0.1) is 0 Å². The molecule has 2 heterocycles. The number of ether oxygens (including phenoxy) is 3. The quantitative estimate of drug-likeness (QED) is 0.514. The van der Waals surface area contributed by atoms with Crippen LogP contribution in [0.5, 0.6) is 5.75 Å². The second-order valence-electron chi connectivity index (χ2n) is 10.8. The number of likely N-dealkylation sites (tertiary alicyclic amines) is 2. The van der Waals surface area contributed by atoms with Crippen LogP contribution in [0.1, 0.15) is 57.9 Å². The molecule has 0 unspecified atom stereocenters. The van der Waals surface area contributed by atoms with Gasteiger partial charge in [-0.2, -0.15) is 0 Å². The first kappa shape index (κ1) is 30.4. The molecule has 1 aliphatic carbocycles. The summed E-state index contributed by atoms with van der Waals surface area (Å²) in [7, 11) is 0.